The molecule has 0 saturated heterocycles. The number of hydrogen-bond acceptors (Lipinski definition) is 0. The molecule has 6 rings (SSSR count). The quantitative estimate of drug-likeness (QED) is 0.226. The van der Waals surface area contributed by atoms with E-state index in [9.17, 15) is 0 Å². The molecule has 1 unspecified atom stereocenters. The zero-order valence-corrected chi connectivity index (χ0v) is 28.5. The molecule has 0 saturated carbocycles. The average molecular weight is 579 g/mol. The highest BCUT2D eigenvalue weighted by molar-refractivity contribution is 5.83. The number of allylic oxidation sites excluding steroid dienone is 4. The van der Waals surface area contributed by atoms with Crippen molar-refractivity contribution in [2.24, 2.45) is 11.3 Å². The lowest BCUT2D eigenvalue weighted by Gasteiger charge is -2.45. The fraction of sp³-hybridized carbons (Fsp3) is 0.364. The summed E-state index contributed by atoms with van der Waals surface area (Å²) in [5.41, 5.74) is 13.9. The Morgan fingerprint density at radius 1 is 0.477 bits per heavy atom. The van der Waals surface area contributed by atoms with E-state index in [0.717, 1.165) is 0 Å². The van der Waals surface area contributed by atoms with Crippen molar-refractivity contribution in [1.82, 2.24) is 0 Å². The van der Waals surface area contributed by atoms with Gasteiger partial charge in [0, 0.05) is 5.92 Å². The molecule has 0 heterocycles. The molecule has 1 atom stereocenters. The second kappa shape index (κ2) is 10.5. The summed E-state index contributed by atoms with van der Waals surface area (Å²) in [6.07, 6.45) is 5.09. The van der Waals surface area contributed by atoms with E-state index < -0.39 is 5.41 Å². The molecule has 0 spiro atoms. The molecule has 4 aromatic rings. The van der Waals surface area contributed by atoms with Gasteiger partial charge in [0.15, 0.2) is 0 Å². The number of fused-ring (bicyclic) bond motifs is 3. The SMILES string of the molecule is CC1C=C(C(C)(C)C)C=C1C(c1ccccc1)(c1ccccc1)C1c2ccc(C(C)(C)C)cc2-c2cc(C(C)(C)C)ccc21. The van der Waals surface area contributed by atoms with Crippen molar-refractivity contribution in [3.8, 4) is 11.1 Å². The van der Waals surface area contributed by atoms with E-state index in [0.29, 0.717) is 5.92 Å². The van der Waals surface area contributed by atoms with Gasteiger partial charge in [-0.25, -0.2) is 0 Å². The van der Waals surface area contributed by atoms with Crippen LogP contribution in [0.15, 0.2) is 120 Å². The summed E-state index contributed by atoms with van der Waals surface area (Å²) in [7, 11) is 0. The highest BCUT2D eigenvalue weighted by Gasteiger charge is 2.52. The molecular formula is C44H50. The third-order valence-electron chi connectivity index (χ3n) is 10.2. The zero-order valence-electron chi connectivity index (χ0n) is 28.5. The third kappa shape index (κ3) is 4.92. The fourth-order valence-corrected chi connectivity index (χ4v) is 7.70. The van der Waals surface area contributed by atoms with Crippen LogP contribution >= 0.6 is 0 Å². The van der Waals surface area contributed by atoms with Crippen LogP contribution in [0.2, 0.25) is 0 Å². The molecule has 0 aliphatic heterocycles. The first-order valence-electron chi connectivity index (χ1n) is 16.5. The minimum atomic E-state index is -0.391. The maximum Gasteiger partial charge on any atom is 0.0529 e. The van der Waals surface area contributed by atoms with Crippen molar-refractivity contribution in [2.75, 3.05) is 0 Å². The number of benzene rings is 4. The molecule has 0 nitrogen and oxygen atoms in total. The molecule has 2 aliphatic carbocycles. The van der Waals surface area contributed by atoms with Crippen molar-refractivity contribution in [2.45, 2.75) is 91.4 Å². The van der Waals surface area contributed by atoms with Crippen molar-refractivity contribution in [3.05, 3.63) is 154 Å². The predicted molar refractivity (Wildman–Crippen MR) is 190 cm³/mol. The fourth-order valence-electron chi connectivity index (χ4n) is 7.70. The van der Waals surface area contributed by atoms with Crippen molar-refractivity contribution in [3.63, 3.8) is 0 Å². The molecule has 2 aliphatic rings. The molecule has 0 N–H and O–H groups in total. The first-order valence-corrected chi connectivity index (χ1v) is 16.5. The van der Waals surface area contributed by atoms with Crippen LogP contribution in [-0.2, 0) is 16.2 Å². The van der Waals surface area contributed by atoms with Gasteiger partial charge in [-0.15, -0.1) is 0 Å². The number of hydrogen-bond donors (Lipinski definition) is 0. The van der Waals surface area contributed by atoms with Crippen LogP contribution in [0.3, 0.4) is 0 Å². The van der Waals surface area contributed by atoms with Gasteiger partial charge in [-0.2, -0.15) is 0 Å². The van der Waals surface area contributed by atoms with E-state index in [1.807, 2.05) is 0 Å². The van der Waals surface area contributed by atoms with Gasteiger partial charge in [0.05, 0.1) is 5.41 Å². The molecule has 0 radical (unpaired) electrons. The minimum absolute atomic E-state index is 0.0683. The zero-order chi connectivity index (χ0) is 31.7. The Kier molecular flexibility index (Phi) is 7.23. The minimum Gasteiger partial charge on any atom is -0.0738 e. The van der Waals surface area contributed by atoms with Gasteiger partial charge in [-0.05, 0) is 77.8 Å². The van der Waals surface area contributed by atoms with Gasteiger partial charge in [0.2, 0.25) is 0 Å². The Morgan fingerprint density at radius 3 is 1.27 bits per heavy atom. The molecule has 44 heavy (non-hydrogen) atoms. The van der Waals surface area contributed by atoms with E-state index in [2.05, 4.69) is 178 Å². The Balaban J connectivity index is 1.76. The highest BCUT2D eigenvalue weighted by Crippen LogP contribution is 2.62. The molecule has 0 amide bonds. The van der Waals surface area contributed by atoms with Crippen LogP contribution in [-0.4, -0.2) is 0 Å². The lowest BCUT2D eigenvalue weighted by molar-refractivity contribution is 0.498. The summed E-state index contributed by atoms with van der Waals surface area (Å²) >= 11 is 0. The Morgan fingerprint density at radius 2 is 0.909 bits per heavy atom. The van der Waals surface area contributed by atoms with E-state index in [4.69, 9.17) is 0 Å². The van der Waals surface area contributed by atoms with Crippen molar-refractivity contribution < 1.29 is 0 Å². The van der Waals surface area contributed by atoms with Crippen LogP contribution in [0, 0.1) is 11.3 Å². The second-order valence-corrected chi connectivity index (χ2v) is 16.3. The van der Waals surface area contributed by atoms with Gasteiger partial charge in [0.1, 0.15) is 0 Å². The van der Waals surface area contributed by atoms with Gasteiger partial charge in [-0.1, -0.05) is 178 Å². The van der Waals surface area contributed by atoms with E-state index >= 15 is 0 Å². The van der Waals surface area contributed by atoms with Crippen LogP contribution in [0.5, 0.6) is 0 Å². The van der Waals surface area contributed by atoms with Crippen molar-refractivity contribution in [1.29, 1.82) is 0 Å². The first-order chi connectivity index (χ1) is 20.6. The molecule has 0 aromatic heterocycles. The largest absolute Gasteiger partial charge is 0.0738 e. The molecule has 226 valence electrons. The summed E-state index contributed by atoms with van der Waals surface area (Å²) in [4.78, 5) is 0. The Bertz CT molecular complexity index is 1640. The molecule has 0 heteroatoms. The summed E-state index contributed by atoms with van der Waals surface area (Å²) < 4.78 is 0. The summed E-state index contributed by atoms with van der Waals surface area (Å²) in [5, 5.41) is 0. The lowest BCUT2D eigenvalue weighted by atomic mass is 9.57. The smallest absolute Gasteiger partial charge is 0.0529 e. The maximum absolute atomic E-state index is 2.56. The van der Waals surface area contributed by atoms with Crippen LogP contribution in [0.25, 0.3) is 11.1 Å². The monoisotopic (exact) mass is 578 g/mol. The predicted octanol–water partition coefficient (Wildman–Crippen LogP) is 11.9. The Hall–Kier alpha value is -3.64. The van der Waals surface area contributed by atoms with Crippen LogP contribution in [0.1, 0.15) is 109 Å². The van der Waals surface area contributed by atoms with Gasteiger partial charge in [0.25, 0.3) is 0 Å². The number of rotatable bonds is 4. The second-order valence-electron chi connectivity index (χ2n) is 16.3. The van der Waals surface area contributed by atoms with Gasteiger partial charge < -0.3 is 0 Å². The standard InChI is InChI=1S/C44H50/c1-29-25-34(43(8,9)10)28-39(29)44(30-17-13-11-14-18-30,31-19-15-12-16-20-31)40-35-23-21-32(41(2,3)4)26-37(35)38-27-33(42(5,6)7)22-24-36(38)40/h11-29,40H,1-10H3. The molecule has 0 bridgehead atoms. The van der Waals surface area contributed by atoms with E-state index in [1.54, 1.807) is 0 Å². The van der Waals surface area contributed by atoms with Crippen LogP contribution in [0.4, 0.5) is 0 Å². The lowest BCUT2D eigenvalue weighted by Crippen LogP contribution is -2.38. The maximum atomic E-state index is 2.56. The van der Waals surface area contributed by atoms with E-state index in [1.165, 1.54) is 55.7 Å². The van der Waals surface area contributed by atoms with E-state index in [-0.39, 0.29) is 22.2 Å². The third-order valence-corrected chi connectivity index (χ3v) is 10.2. The molecular weight excluding hydrogens is 528 g/mol. The summed E-state index contributed by atoms with van der Waals surface area (Å²) in [5.74, 6) is 0.432. The highest BCUT2D eigenvalue weighted by atomic mass is 14.5. The topological polar surface area (TPSA) is 0 Å². The Labute approximate surface area is 267 Å². The summed E-state index contributed by atoms with van der Waals surface area (Å²) in [6, 6.07) is 37.5. The van der Waals surface area contributed by atoms with Gasteiger partial charge in [-0.3, -0.25) is 0 Å². The normalized spacial score (nSPS) is 17.3. The molecule has 4 aromatic carbocycles. The molecule has 0 fully saturated rings. The first kappa shape index (κ1) is 30.4. The average Bonchev–Trinajstić information content (AvgIpc) is 3.52. The van der Waals surface area contributed by atoms with Crippen molar-refractivity contribution >= 4 is 0 Å². The van der Waals surface area contributed by atoms with Gasteiger partial charge >= 0.3 is 0 Å². The summed E-state index contributed by atoms with van der Waals surface area (Å²) in [6.45, 7) is 23.4. The van der Waals surface area contributed by atoms with Crippen LogP contribution < -0.4 is 0 Å².